The van der Waals surface area contributed by atoms with Crippen LogP contribution < -0.4 is 15.0 Å². The standard InChI is InChI=1S/C23H27F2N5O3/c1-14(16-5-4-6-17(11-16)23(24,25)13-31)26-21-18-12-19(30-7-9-33-10-8-30)22(32-3)27-20(18)15(2)28-29-21/h4-6,11-12,14,31H,7-10,13H2,1-3H3,(H,26,29)/t14-/m1/s1. The number of benzene rings is 1. The van der Waals surface area contributed by atoms with Gasteiger partial charge in [0.25, 0.3) is 5.92 Å². The Labute approximate surface area is 190 Å². The van der Waals surface area contributed by atoms with E-state index in [0.29, 0.717) is 54.8 Å². The van der Waals surface area contributed by atoms with Crippen molar-refractivity contribution in [2.45, 2.75) is 25.8 Å². The number of nitrogens with one attached hydrogen (secondary N) is 1. The Balaban J connectivity index is 1.72. The lowest BCUT2D eigenvalue weighted by molar-refractivity contribution is -0.0556. The second kappa shape index (κ2) is 9.40. The first-order chi connectivity index (χ1) is 15.8. The molecular weight excluding hydrogens is 432 g/mol. The fourth-order valence-electron chi connectivity index (χ4n) is 3.87. The quantitative estimate of drug-likeness (QED) is 0.555. The highest BCUT2D eigenvalue weighted by molar-refractivity contribution is 5.93. The SMILES string of the molecule is COc1nc2c(C)nnc(N[C@H](C)c3cccc(C(F)(F)CO)c3)c2cc1N1CCOCC1. The largest absolute Gasteiger partial charge is 0.480 e. The maximum Gasteiger partial charge on any atom is 0.295 e. The van der Waals surface area contributed by atoms with E-state index in [4.69, 9.17) is 19.6 Å². The maximum absolute atomic E-state index is 14.0. The number of hydrogen-bond acceptors (Lipinski definition) is 8. The molecule has 3 heterocycles. The number of aliphatic hydroxyl groups excluding tert-OH is 1. The smallest absolute Gasteiger partial charge is 0.295 e. The molecule has 10 heteroatoms. The van der Waals surface area contributed by atoms with Crippen molar-refractivity contribution in [3.8, 4) is 5.88 Å². The molecular formula is C23H27F2N5O3. The second-order valence-corrected chi connectivity index (χ2v) is 8.00. The predicted molar refractivity (Wildman–Crippen MR) is 121 cm³/mol. The number of pyridine rings is 1. The molecule has 1 aliphatic heterocycles. The number of ether oxygens (including phenoxy) is 2. The van der Waals surface area contributed by atoms with Gasteiger partial charge in [-0.2, -0.15) is 13.9 Å². The van der Waals surface area contributed by atoms with Crippen LogP contribution in [0.15, 0.2) is 30.3 Å². The van der Waals surface area contributed by atoms with Crippen LogP contribution in [0.3, 0.4) is 0 Å². The van der Waals surface area contributed by atoms with Gasteiger partial charge in [0.15, 0.2) is 5.82 Å². The van der Waals surface area contributed by atoms with Crippen LogP contribution in [-0.4, -0.2) is 60.3 Å². The van der Waals surface area contributed by atoms with E-state index in [2.05, 4.69) is 20.4 Å². The Morgan fingerprint density at radius 2 is 2.00 bits per heavy atom. The Morgan fingerprint density at radius 3 is 2.70 bits per heavy atom. The fraction of sp³-hybridized carbons (Fsp3) is 0.435. The van der Waals surface area contributed by atoms with E-state index in [1.54, 1.807) is 19.2 Å². The van der Waals surface area contributed by atoms with Gasteiger partial charge in [0.05, 0.1) is 32.1 Å². The molecule has 1 aliphatic rings. The maximum atomic E-state index is 14.0. The number of halogens is 2. The lowest BCUT2D eigenvalue weighted by atomic mass is 10.0. The Kier molecular flexibility index (Phi) is 6.57. The van der Waals surface area contributed by atoms with Crippen molar-refractivity contribution in [1.29, 1.82) is 0 Å². The monoisotopic (exact) mass is 459 g/mol. The summed E-state index contributed by atoms with van der Waals surface area (Å²) >= 11 is 0. The lowest BCUT2D eigenvalue weighted by Crippen LogP contribution is -2.36. The predicted octanol–water partition coefficient (Wildman–Crippen LogP) is 3.44. The van der Waals surface area contributed by atoms with Crippen LogP contribution in [0.4, 0.5) is 20.3 Å². The van der Waals surface area contributed by atoms with Gasteiger partial charge in [0.2, 0.25) is 5.88 Å². The molecule has 1 atom stereocenters. The molecule has 3 aromatic rings. The molecule has 0 radical (unpaired) electrons. The van der Waals surface area contributed by atoms with Crippen LogP contribution >= 0.6 is 0 Å². The average molecular weight is 459 g/mol. The zero-order valence-corrected chi connectivity index (χ0v) is 18.8. The summed E-state index contributed by atoms with van der Waals surface area (Å²) in [6, 6.07) is 7.61. The van der Waals surface area contributed by atoms with Crippen molar-refractivity contribution < 1.29 is 23.4 Å². The average Bonchev–Trinajstić information content (AvgIpc) is 2.85. The van der Waals surface area contributed by atoms with Crippen molar-refractivity contribution >= 4 is 22.4 Å². The zero-order valence-electron chi connectivity index (χ0n) is 18.8. The van der Waals surface area contributed by atoms with Gasteiger partial charge in [-0.05, 0) is 31.5 Å². The summed E-state index contributed by atoms with van der Waals surface area (Å²) in [7, 11) is 1.58. The highest BCUT2D eigenvalue weighted by Gasteiger charge is 2.31. The van der Waals surface area contributed by atoms with Crippen molar-refractivity contribution in [3.63, 3.8) is 0 Å². The summed E-state index contributed by atoms with van der Waals surface area (Å²) < 4.78 is 39.0. The molecule has 1 saturated heterocycles. The van der Waals surface area contributed by atoms with Gasteiger partial charge in [-0.1, -0.05) is 18.2 Å². The Morgan fingerprint density at radius 1 is 1.24 bits per heavy atom. The summed E-state index contributed by atoms with van der Waals surface area (Å²) in [5, 5.41) is 21.6. The first-order valence-electron chi connectivity index (χ1n) is 10.7. The summed E-state index contributed by atoms with van der Waals surface area (Å²) in [4.78, 5) is 6.84. The van der Waals surface area contributed by atoms with Crippen LogP contribution in [0.25, 0.3) is 10.9 Å². The van der Waals surface area contributed by atoms with Gasteiger partial charge in [0.1, 0.15) is 17.8 Å². The number of hydrogen-bond donors (Lipinski definition) is 2. The minimum absolute atomic E-state index is 0.239. The zero-order chi connectivity index (χ0) is 23.6. The number of nitrogens with zero attached hydrogens (tertiary/aromatic N) is 4. The van der Waals surface area contributed by atoms with Crippen LogP contribution in [0.5, 0.6) is 5.88 Å². The Bertz CT molecular complexity index is 1140. The number of aliphatic hydroxyl groups is 1. The van der Waals surface area contributed by atoms with Crippen LogP contribution in [0, 0.1) is 6.92 Å². The van der Waals surface area contributed by atoms with E-state index in [0.717, 1.165) is 11.1 Å². The summed E-state index contributed by atoms with van der Waals surface area (Å²) in [6.07, 6.45) is 0. The molecule has 0 aliphatic carbocycles. The van der Waals surface area contributed by atoms with Gasteiger partial charge in [-0.3, -0.25) is 0 Å². The number of aromatic nitrogens is 3. The van der Waals surface area contributed by atoms with Crippen LogP contribution in [-0.2, 0) is 10.7 Å². The van der Waals surface area contributed by atoms with Crippen LogP contribution in [0.2, 0.25) is 0 Å². The number of fused-ring (bicyclic) bond motifs is 1. The molecule has 33 heavy (non-hydrogen) atoms. The van der Waals surface area contributed by atoms with Gasteiger partial charge in [-0.25, -0.2) is 4.98 Å². The summed E-state index contributed by atoms with van der Waals surface area (Å²) in [6.45, 7) is 5.09. The topological polar surface area (TPSA) is 92.6 Å². The second-order valence-electron chi connectivity index (χ2n) is 8.00. The van der Waals surface area contributed by atoms with E-state index in [9.17, 15) is 8.78 Å². The van der Waals surface area contributed by atoms with E-state index in [-0.39, 0.29) is 11.6 Å². The highest BCUT2D eigenvalue weighted by atomic mass is 19.3. The molecule has 0 amide bonds. The molecule has 176 valence electrons. The highest BCUT2D eigenvalue weighted by Crippen LogP contribution is 2.35. The minimum Gasteiger partial charge on any atom is -0.480 e. The summed E-state index contributed by atoms with van der Waals surface area (Å²) in [5.74, 6) is -2.31. The number of rotatable bonds is 7. The van der Waals surface area contributed by atoms with Gasteiger partial charge in [-0.15, -0.1) is 5.10 Å². The van der Waals surface area contributed by atoms with Crippen molar-refractivity contribution in [1.82, 2.24) is 15.2 Å². The van der Waals surface area contributed by atoms with Crippen LogP contribution in [0.1, 0.15) is 29.8 Å². The first kappa shape index (κ1) is 23.1. The first-order valence-corrected chi connectivity index (χ1v) is 10.7. The van der Waals surface area contributed by atoms with Crippen molar-refractivity contribution in [2.24, 2.45) is 0 Å². The van der Waals surface area contributed by atoms with Gasteiger partial charge < -0.3 is 24.8 Å². The normalized spacial score (nSPS) is 15.5. The molecule has 4 rings (SSSR count). The molecule has 0 unspecified atom stereocenters. The molecule has 0 bridgehead atoms. The molecule has 1 fully saturated rings. The third-order valence-corrected chi connectivity index (χ3v) is 5.77. The third-order valence-electron chi connectivity index (χ3n) is 5.77. The van der Waals surface area contributed by atoms with Gasteiger partial charge in [0, 0.05) is 24.0 Å². The number of morpholine rings is 1. The number of anilines is 2. The molecule has 0 saturated carbocycles. The molecule has 2 N–H and O–H groups in total. The Hall–Kier alpha value is -3.11. The van der Waals surface area contributed by atoms with Gasteiger partial charge >= 0.3 is 0 Å². The number of alkyl halides is 2. The van der Waals surface area contributed by atoms with E-state index in [1.165, 1.54) is 12.1 Å². The lowest BCUT2D eigenvalue weighted by Gasteiger charge is -2.30. The molecule has 1 aromatic carbocycles. The number of methoxy groups -OCH3 is 1. The molecule has 8 nitrogen and oxygen atoms in total. The van der Waals surface area contributed by atoms with E-state index >= 15 is 0 Å². The van der Waals surface area contributed by atoms with E-state index < -0.39 is 12.5 Å². The van der Waals surface area contributed by atoms with Crippen molar-refractivity contribution in [2.75, 3.05) is 50.2 Å². The number of aryl methyl sites for hydroxylation is 1. The van der Waals surface area contributed by atoms with E-state index in [1.807, 2.05) is 19.9 Å². The minimum atomic E-state index is -3.31. The molecule has 0 spiro atoms. The third kappa shape index (κ3) is 4.67. The van der Waals surface area contributed by atoms with Crippen molar-refractivity contribution in [3.05, 3.63) is 47.2 Å². The molecule has 2 aromatic heterocycles. The summed E-state index contributed by atoms with van der Waals surface area (Å²) in [5.41, 5.74) is 2.53. The fourth-order valence-corrected chi connectivity index (χ4v) is 3.87.